The van der Waals surface area contributed by atoms with Crippen LogP contribution in [-0.4, -0.2) is 16.0 Å². The molecule has 2 N–H and O–H groups in total. The van der Waals surface area contributed by atoms with E-state index in [-0.39, 0.29) is 35.2 Å². The molecule has 0 radical (unpaired) electrons. The Morgan fingerprint density at radius 1 is 0.952 bits per heavy atom. The first-order valence-corrected chi connectivity index (χ1v) is 7.20. The summed E-state index contributed by atoms with van der Waals surface area (Å²) in [4.78, 5) is 12.2. The smallest absolute Gasteiger partial charge is 0.163 e. The minimum absolute atomic E-state index is 0.00225. The Hall–Kier alpha value is -2.29. The summed E-state index contributed by atoms with van der Waals surface area (Å²) >= 11 is 0. The van der Waals surface area contributed by atoms with Crippen LogP contribution in [0.25, 0.3) is 0 Å². The first kappa shape index (κ1) is 13.7. The Kier molecular flexibility index (Phi) is 3.65. The molecule has 0 aromatic carbocycles. The lowest BCUT2D eigenvalue weighted by atomic mass is 9.68. The molecule has 4 unspecified atom stereocenters. The number of allylic oxidation sites excluding steroid dienone is 12. The monoisotopic (exact) mass is 282 g/mol. The SMILES string of the molecule is O=C1C=CC=CC1C1C(O)=CC=CC1C1CC=CC=C1O. The number of ketones is 1. The predicted molar refractivity (Wildman–Crippen MR) is 81.6 cm³/mol. The fraction of sp³-hybridized carbons (Fsp3) is 0.278. The highest BCUT2D eigenvalue weighted by molar-refractivity contribution is 5.95. The van der Waals surface area contributed by atoms with Crippen molar-refractivity contribution >= 4 is 5.78 Å². The quantitative estimate of drug-likeness (QED) is 0.814. The zero-order valence-electron chi connectivity index (χ0n) is 11.6. The lowest BCUT2D eigenvalue weighted by Gasteiger charge is -2.36. The maximum Gasteiger partial charge on any atom is 0.163 e. The second kappa shape index (κ2) is 5.60. The van der Waals surface area contributed by atoms with Crippen molar-refractivity contribution in [2.45, 2.75) is 6.42 Å². The molecule has 0 aromatic heterocycles. The molecular formula is C18H18O3. The Labute approximate surface area is 124 Å². The van der Waals surface area contributed by atoms with Crippen LogP contribution < -0.4 is 0 Å². The molecule has 0 saturated heterocycles. The molecule has 108 valence electrons. The average molecular weight is 282 g/mol. The Morgan fingerprint density at radius 3 is 2.52 bits per heavy atom. The molecule has 0 heterocycles. The molecule has 3 nitrogen and oxygen atoms in total. The van der Waals surface area contributed by atoms with Gasteiger partial charge in [-0.1, -0.05) is 42.5 Å². The number of hydrogen-bond donors (Lipinski definition) is 2. The molecule has 0 saturated carbocycles. The number of aliphatic hydroxyl groups excluding tert-OH is 2. The first-order valence-electron chi connectivity index (χ1n) is 7.20. The summed E-state index contributed by atoms with van der Waals surface area (Å²) in [6.07, 6.45) is 18.6. The fourth-order valence-electron chi connectivity index (χ4n) is 3.35. The van der Waals surface area contributed by atoms with Crippen LogP contribution in [0.3, 0.4) is 0 Å². The van der Waals surface area contributed by atoms with E-state index in [1.807, 2.05) is 30.4 Å². The van der Waals surface area contributed by atoms with Crippen molar-refractivity contribution in [2.24, 2.45) is 23.7 Å². The van der Waals surface area contributed by atoms with Gasteiger partial charge in [0, 0.05) is 11.8 Å². The van der Waals surface area contributed by atoms with Crippen LogP contribution in [0.2, 0.25) is 0 Å². The van der Waals surface area contributed by atoms with Crippen LogP contribution in [0.5, 0.6) is 0 Å². The van der Waals surface area contributed by atoms with E-state index >= 15 is 0 Å². The summed E-state index contributed by atoms with van der Waals surface area (Å²) < 4.78 is 0. The number of hydrogen-bond acceptors (Lipinski definition) is 3. The molecule has 0 spiro atoms. The van der Waals surface area contributed by atoms with E-state index in [2.05, 4.69) is 0 Å². The van der Waals surface area contributed by atoms with Crippen molar-refractivity contribution in [1.29, 1.82) is 0 Å². The maximum absolute atomic E-state index is 12.2. The summed E-state index contributed by atoms with van der Waals surface area (Å²) in [5, 5.41) is 20.5. The van der Waals surface area contributed by atoms with Gasteiger partial charge in [-0.15, -0.1) is 0 Å². The van der Waals surface area contributed by atoms with Crippen LogP contribution in [0.1, 0.15) is 6.42 Å². The molecule has 21 heavy (non-hydrogen) atoms. The van der Waals surface area contributed by atoms with Crippen LogP contribution in [0.15, 0.2) is 72.3 Å². The van der Waals surface area contributed by atoms with Gasteiger partial charge < -0.3 is 10.2 Å². The van der Waals surface area contributed by atoms with Crippen molar-refractivity contribution < 1.29 is 15.0 Å². The van der Waals surface area contributed by atoms with Crippen LogP contribution in [0, 0.1) is 23.7 Å². The number of carbonyl (C=O) groups is 1. The van der Waals surface area contributed by atoms with Gasteiger partial charge in [0.2, 0.25) is 0 Å². The summed E-state index contributed by atoms with van der Waals surface area (Å²) in [5.74, 6) is -0.369. The third kappa shape index (κ3) is 2.51. The number of aliphatic hydroxyl groups is 2. The zero-order chi connectivity index (χ0) is 14.8. The van der Waals surface area contributed by atoms with E-state index in [1.165, 1.54) is 0 Å². The van der Waals surface area contributed by atoms with Crippen LogP contribution in [-0.2, 0) is 4.79 Å². The van der Waals surface area contributed by atoms with E-state index in [1.54, 1.807) is 30.4 Å². The molecule has 0 aliphatic heterocycles. The fourth-order valence-corrected chi connectivity index (χ4v) is 3.35. The molecule has 0 aromatic rings. The minimum atomic E-state index is -0.375. The van der Waals surface area contributed by atoms with Gasteiger partial charge >= 0.3 is 0 Å². The van der Waals surface area contributed by atoms with Crippen LogP contribution >= 0.6 is 0 Å². The van der Waals surface area contributed by atoms with Gasteiger partial charge in [-0.25, -0.2) is 0 Å². The Morgan fingerprint density at radius 2 is 1.76 bits per heavy atom. The van der Waals surface area contributed by atoms with Gasteiger partial charge in [-0.05, 0) is 30.6 Å². The van der Waals surface area contributed by atoms with Gasteiger partial charge in [0.1, 0.15) is 0 Å². The van der Waals surface area contributed by atoms with Gasteiger partial charge in [-0.2, -0.15) is 0 Å². The van der Waals surface area contributed by atoms with Gasteiger partial charge in [0.25, 0.3) is 0 Å². The molecule has 3 heteroatoms. The number of carbonyl (C=O) groups excluding carboxylic acids is 1. The predicted octanol–water partition coefficient (Wildman–Crippen LogP) is 3.56. The lowest BCUT2D eigenvalue weighted by Crippen LogP contribution is -2.35. The van der Waals surface area contributed by atoms with Crippen molar-refractivity contribution in [1.82, 2.24) is 0 Å². The summed E-state index contributed by atoms with van der Waals surface area (Å²) in [6.45, 7) is 0. The molecule has 3 aliphatic carbocycles. The van der Waals surface area contributed by atoms with E-state index in [0.717, 1.165) is 0 Å². The first-order chi connectivity index (χ1) is 10.2. The largest absolute Gasteiger partial charge is 0.512 e. The van der Waals surface area contributed by atoms with Gasteiger partial charge in [0.15, 0.2) is 5.78 Å². The van der Waals surface area contributed by atoms with Crippen LogP contribution in [0.4, 0.5) is 0 Å². The Balaban J connectivity index is 1.93. The van der Waals surface area contributed by atoms with Gasteiger partial charge in [0.05, 0.1) is 17.4 Å². The number of rotatable bonds is 2. The summed E-state index contributed by atoms with van der Waals surface area (Å²) in [5.41, 5.74) is 0. The van der Waals surface area contributed by atoms with Gasteiger partial charge in [-0.3, -0.25) is 4.79 Å². The normalized spacial score (nSPS) is 34.8. The second-order valence-corrected chi connectivity index (χ2v) is 5.61. The summed E-state index contributed by atoms with van der Waals surface area (Å²) in [7, 11) is 0. The standard InChI is InChI=1S/C18H18O3/c19-15-9-3-1-6-12(15)13-8-5-11-17(21)18(13)14-7-2-4-10-16(14)20/h1-5,7-14,18-19,21H,6H2. The molecular weight excluding hydrogens is 264 g/mol. The van der Waals surface area contributed by atoms with E-state index in [9.17, 15) is 15.0 Å². The Bertz CT molecular complexity index is 616. The summed E-state index contributed by atoms with van der Waals surface area (Å²) in [6, 6.07) is 0. The average Bonchev–Trinajstić information content (AvgIpc) is 2.49. The molecule has 3 rings (SSSR count). The minimum Gasteiger partial charge on any atom is -0.512 e. The highest BCUT2D eigenvalue weighted by atomic mass is 16.3. The topological polar surface area (TPSA) is 57.5 Å². The lowest BCUT2D eigenvalue weighted by molar-refractivity contribution is -0.118. The highest BCUT2D eigenvalue weighted by Gasteiger charge is 2.40. The molecule has 0 bridgehead atoms. The second-order valence-electron chi connectivity index (χ2n) is 5.61. The van der Waals surface area contributed by atoms with Crippen molar-refractivity contribution in [3.63, 3.8) is 0 Å². The highest BCUT2D eigenvalue weighted by Crippen LogP contribution is 2.42. The van der Waals surface area contributed by atoms with Crippen molar-refractivity contribution in [3.05, 3.63) is 72.3 Å². The maximum atomic E-state index is 12.2. The van der Waals surface area contributed by atoms with Crippen molar-refractivity contribution in [3.8, 4) is 0 Å². The van der Waals surface area contributed by atoms with E-state index in [0.29, 0.717) is 12.2 Å². The molecule has 4 atom stereocenters. The third-order valence-electron chi connectivity index (χ3n) is 4.40. The molecule has 0 amide bonds. The zero-order valence-corrected chi connectivity index (χ0v) is 11.6. The molecule has 3 aliphatic rings. The van der Waals surface area contributed by atoms with Crippen molar-refractivity contribution in [2.75, 3.05) is 0 Å². The third-order valence-corrected chi connectivity index (χ3v) is 4.40. The van der Waals surface area contributed by atoms with E-state index in [4.69, 9.17) is 0 Å². The molecule has 0 fully saturated rings. The van der Waals surface area contributed by atoms with E-state index < -0.39 is 0 Å².